The van der Waals surface area contributed by atoms with Crippen molar-refractivity contribution >= 4 is 39.1 Å². The molecule has 1 unspecified atom stereocenters. The molecule has 2 heterocycles. The van der Waals surface area contributed by atoms with Crippen LogP contribution < -0.4 is 10.0 Å². The van der Waals surface area contributed by atoms with Crippen LogP contribution in [0.15, 0.2) is 29.8 Å². The number of hydrogen-bond donors (Lipinski definition) is 2. The fraction of sp³-hybridized carbons (Fsp3) is 0.529. The molecule has 1 atom stereocenters. The standard InChI is InChI=1S/C17H27N5O2S2.ClH/c1-4-9-14(21-26(23,24)22(5-2)6-3)12-19-17-20-16(13-25-17)15-10-7-8-11-18-15;/h7-8,10-11,13-14,21H,4-6,9,12H2,1-3H3,(H,19,20);1H. The van der Waals surface area contributed by atoms with E-state index in [2.05, 4.69) is 20.0 Å². The molecule has 0 aromatic carbocycles. The maximum absolute atomic E-state index is 12.4. The van der Waals surface area contributed by atoms with Gasteiger partial charge in [0.15, 0.2) is 5.13 Å². The van der Waals surface area contributed by atoms with Crippen molar-refractivity contribution in [3.8, 4) is 11.4 Å². The molecular weight excluding hydrogens is 406 g/mol. The van der Waals surface area contributed by atoms with Gasteiger partial charge in [0.1, 0.15) is 5.69 Å². The fourth-order valence-electron chi connectivity index (χ4n) is 2.60. The van der Waals surface area contributed by atoms with Crippen LogP contribution in [-0.4, -0.2) is 48.4 Å². The molecule has 0 aliphatic rings. The first-order valence-corrected chi connectivity index (χ1v) is 11.2. The average Bonchev–Trinajstić information content (AvgIpc) is 3.10. The van der Waals surface area contributed by atoms with E-state index in [4.69, 9.17) is 0 Å². The van der Waals surface area contributed by atoms with Crippen LogP contribution in [-0.2, 0) is 10.2 Å². The highest BCUT2D eigenvalue weighted by molar-refractivity contribution is 7.87. The molecule has 0 fully saturated rings. The molecule has 2 aromatic rings. The summed E-state index contributed by atoms with van der Waals surface area (Å²) >= 11 is 1.49. The van der Waals surface area contributed by atoms with E-state index in [0.717, 1.165) is 29.4 Å². The van der Waals surface area contributed by atoms with Gasteiger partial charge in [-0.25, -0.2) is 4.98 Å². The Kier molecular flexibility index (Phi) is 10.2. The molecule has 7 nitrogen and oxygen atoms in total. The van der Waals surface area contributed by atoms with E-state index in [0.29, 0.717) is 19.6 Å². The second kappa shape index (κ2) is 11.6. The second-order valence-corrected chi connectivity index (χ2v) is 8.39. The van der Waals surface area contributed by atoms with Crippen molar-refractivity contribution in [2.24, 2.45) is 0 Å². The van der Waals surface area contributed by atoms with Gasteiger partial charge in [-0.05, 0) is 18.6 Å². The molecule has 0 aliphatic carbocycles. The van der Waals surface area contributed by atoms with E-state index >= 15 is 0 Å². The SMILES string of the molecule is CCCC(CNc1nc(-c2ccccn2)cs1)NS(=O)(=O)N(CC)CC.Cl. The summed E-state index contributed by atoms with van der Waals surface area (Å²) in [4.78, 5) is 8.83. The number of nitrogens with one attached hydrogen (secondary N) is 2. The lowest BCUT2D eigenvalue weighted by Crippen LogP contribution is -2.47. The Labute approximate surface area is 172 Å². The summed E-state index contributed by atoms with van der Waals surface area (Å²) in [6, 6.07) is 5.52. The quantitative estimate of drug-likeness (QED) is 0.567. The van der Waals surface area contributed by atoms with Crippen molar-refractivity contribution in [3.05, 3.63) is 29.8 Å². The van der Waals surface area contributed by atoms with E-state index in [1.807, 2.05) is 44.4 Å². The molecule has 2 rings (SSSR count). The summed E-state index contributed by atoms with van der Waals surface area (Å²) in [6.07, 6.45) is 3.39. The van der Waals surface area contributed by atoms with Crippen molar-refractivity contribution in [3.63, 3.8) is 0 Å². The van der Waals surface area contributed by atoms with Gasteiger partial charge in [0.05, 0.1) is 5.69 Å². The van der Waals surface area contributed by atoms with E-state index in [9.17, 15) is 8.42 Å². The van der Waals surface area contributed by atoms with Gasteiger partial charge in [-0.15, -0.1) is 23.7 Å². The highest BCUT2D eigenvalue weighted by Gasteiger charge is 2.22. The number of anilines is 1. The Morgan fingerprint density at radius 2 is 1.93 bits per heavy atom. The zero-order valence-electron chi connectivity index (χ0n) is 15.9. The molecule has 0 bridgehead atoms. The lowest BCUT2D eigenvalue weighted by Gasteiger charge is -2.24. The van der Waals surface area contributed by atoms with Crippen molar-refractivity contribution < 1.29 is 8.42 Å². The van der Waals surface area contributed by atoms with Crippen molar-refractivity contribution in [1.29, 1.82) is 0 Å². The maximum atomic E-state index is 12.4. The summed E-state index contributed by atoms with van der Waals surface area (Å²) in [5, 5.41) is 5.95. The van der Waals surface area contributed by atoms with Crippen molar-refractivity contribution in [2.45, 2.75) is 39.7 Å². The molecule has 0 radical (unpaired) electrons. The molecule has 0 saturated heterocycles. The minimum absolute atomic E-state index is 0. The fourth-order valence-corrected chi connectivity index (χ4v) is 4.76. The van der Waals surface area contributed by atoms with Crippen LogP contribution in [0.5, 0.6) is 0 Å². The van der Waals surface area contributed by atoms with Gasteiger partial charge in [-0.1, -0.05) is 33.3 Å². The Morgan fingerprint density at radius 3 is 2.52 bits per heavy atom. The van der Waals surface area contributed by atoms with Crippen LogP contribution in [0.3, 0.4) is 0 Å². The van der Waals surface area contributed by atoms with Crippen LogP contribution >= 0.6 is 23.7 Å². The Balaban J connectivity index is 0.00000364. The van der Waals surface area contributed by atoms with Crippen LogP contribution in [0.25, 0.3) is 11.4 Å². The number of nitrogens with zero attached hydrogens (tertiary/aromatic N) is 3. The van der Waals surface area contributed by atoms with E-state index in [-0.39, 0.29) is 18.4 Å². The van der Waals surface area contributed by atoms with E-state index in [1.165, 1.54) is 15.6 Å². The minimum Gasteiger partial charge on any atom is -0.360 e. The molecule has 2 N–H and O–H groups in total. The topological polar surface area (TPSA) is 87.2 Å². The minimum atomic E-state index is -3.47. The van der Waals surface area contributed by atoms with Gasteiger partial charge in [0.2, 0.25) is 0 Å². The van der Waals surface area contributed by atoms with Crippen LogP contribution in [0.2, 0.25) is 0 Å². The maximum Gasteiger partial charge on any atom is 0.279 e. The molecule has 0 amide bonds. The van der Waals surface area contributed by atoms with Gasteiger partial charge in [0, 0.05) is 37.3 Å². The second-order valence-electron chi connectivity index (χ2n) is 5.83. The Bertz CT molecular complexity index is 767. The van der Waals surface area contributed by atoms with Gasteiger partial charge >= 0.3 is 0 Å². The van der Waals surface area contributed by atoms with Crippen molar-refractivity contribution in [1.82, 2.24) is 19.0 Å². The molecule has 0 aliphatic heterocycles. The molecule has 2 aromatic heterocycles. The number of hydrogen-bond acceptors (Lipinski definition) is 6. The monoisotopic (exact) mass is 433 g/mol. The van der Waals surface area contributed by atoms with Gasteiger partial charge < -0.3 is 5.32 Å². The number of aromatic nitrogens is 2. The molecule has 10 heteroatoms. The van der Waals surface area contributed by atoms with Crippen LogP contribution in [0.1, 0.15) is 33.6 Å². The number of halogens is 1. The summed E-state index contributed by atoms with van der Waals surface area (Å²) < 4.78 is 29.1. The Morgan fingerprint density at radius 1 is 1.19 bits per heavy atom. The first kappa shape index (κ1) is 23.8. The number of rotatable bonds is 11. The van der Waals surface area contributed by atoms with Crippen LogP contribution in [0.4, 0.5) is 5.13 Å². The zero-order chi connectivity index (χ0) is 19.0. The normalized spacial score (nSPS) is 12.6. The molecular formula is C17H28ClN5O2S2. The third kappa shape index (κ3) is 7.00. The Hall–Kier alpha value is -1.26. The van der Waals surface area contributed by atoms with E-state index < -0.39 is 10.2 Å². The first-order chi connectivity index (χ1) is 12.5. The smallest absolute Gasteiger partial charge is 0.279 e. The summed E-state index contributed by atoms with van der Waals surface area (Å²) in [7, 11) is -3.47. The summed E-state index contributed by atoms with van der Waals surface area (Å²) in [5.41, 5.74) is 1.64. The molecule has 27 heavy (non-hydrogen) atoms. The van der Waals surface area contributed by atoms with Gasteiger partial charge in [0.25, 0.3) is 10.2 Å². The first-order valence-electron chi connectivity index (χ1n) is 8.88. The largest absolute Gasteiger partial charge is 0.360 e. The number of thiazole rings is 1. The lowest BCUT2D eigenvalue weighted by molar-refractivity contribution is 0.422. The third-order valence-electron chi connectivity index (χ3n) is 3.93. The summed E-state index contributed by atoms with van der Waals surface area (Å²) in [6.45, 7) is 7.12. The molecule has 152 valence electrons. The highest BCUT2D eigenvalue weighted by atomic mass is 35.5. The zero-order valence-corrected chi connectivity index (χ0v) is 18.3. The molecule has 0 saturated carbocycles. The van der Waals surface area contributed by atoms with Gasteiger partial charge in [-0.3, -0.25) is 4.98 Å². The van der Waals surface area contributed by atoms with Gasteiger partial charge in [-0.2, -0.15) is 17.4 Å². The molecule has 0 spiro atoms. The summed E-state index contributed by atoms with van der Waals surface area (Å²) in [5.74, 6) is 0. The number of pyridine rings is 1. The predicted molar refractivity (Wildman–Crippen MR) is 115 cm³/mol. The highest BCUT2D eigenvalue weighted by Crippen LogP contribution is 2.23. The third-order valence-corrected chi connectivity index (χ3v) is 6.56. The van der Waals surface area contributed by atoms with Crippen molar-refractivity contribution in [2.75, 3.05) is 25.0 Å². The lowest BCUT2D eigenvalue weighted by atomic mass is 10.2. The average molecular weight is 434 g/mol. The van der Waals surface area contributed by atoms with E-state index in [1.54, 1.807) is 6.20 Å². The predicted octanol–water partition coefficient (Wildman–Crippen LogP) is 3.38. The van der Waals surface area contributed by atoms with Crippen LogP contribution in [0, 0.1) is 0 Å².